The highest BCUT2D eigenvalue weighted by atomic mass is 16.6. The zero-order chi connectivity index (χ0) is 63.1. The molecule has 1 heterocycles. The van der Waals surface area contributed by atoms with Crippen molar-refractivity contribution in [3.05, 3.63) is 167 Å². The Balaban J connectivity index is 0.000000230. The van der Waals surface area contributed by atoms with Crippen molar-refractivity contribution in [2.75, 3.05) is 34.9 Å². The van der Waals surface area contributed by atoms with Crippen LogP contribution in [-0.4, -0.2) is 88.3 Å². The lowest BCUT2D eigenvalue weighted by molar-refractivity contribution is -0.105. The predicted molar refractivity (Wildman–Crippen MR) is 339 cm³/mol. The summed E-state index contributed by atoms with van der Waals surface area (Å²) in [6.07, 6.45) is 4.38. The van der Waals surface area contributed by atoms with Crippen LogP contribution in [0.15, 0.2) is 133 Å². The summed E-state index contributed by atoms with van der Waals surface area (Å²) < 4.78 is 39.1. The van der Waals surface area contributed by atoms with E-state index in [2.05, 4.69) is 40.2 Å². The van der Waals surface area contributed by atoms with E-state index < -0.39 is 34.6 Å². The minimum absolute atomic E-state index is 0.00437. The van der Waals surface area contributed by atoms with E-state index in [1.807, 2.05) is 124 Å². The predicted octanol–water partition coefficient (Wildman–Crippen LogP) is 15.4. The van der Waals surface area contributed by atoms with Crippen molar-refractivity contribution in [2.45, 2.75) is 169 Å². The molecule has 6 aromatic carbocycles. The summed E-state index contributed by atoms with van der Waals surface area (Å²) in [6, 6.07) is 41.7. The maximum absolute atomic E-state index is 13.3. The Bertz CT molecular complexity index is 3240. The number of nitrogens with two attached hydrogens (primary N) is 1. The van der Waals surface area contributed by atoms with Gasteiger partial charge >= 0.3 is 24.4 Å². The minimum atomic E-state index is -0.663. The van der Waals surface area contributed by atoms with Crippen molar-refractivity contribution in [1.29, 1.82) is 0 Å². The molecule has 9 rings (SSSR count). The first-order valence-corrected chi connectivity index (χ1v) is 29.5. The Morgan fingerprint density at radius 2 is 0.839 bits per heavy atom. The third kappa shape index (κ3) is 21.3. The number of anilines is 4. The Labute approximate surface area is 512 Å². The van der Waals surface area contributed by atoms with Crippen molar-refractivity contribution < 1.29 is 57.1 Å². The van der Waals surface area contributed by atoms with Crippen molar-refractivity contribution in [1.82, 2.24) is 9.80 Å². The summed E-state index contributed by atoms with van der Waals surface area (Å²) in [6.45, 7) is 24.7. The largest absolute Gasteiger partial charge is 0.457 e. The van der Waals surface area contributed by atoms with E-state index in [1.54, 1.807) is 77.9 Å². The van der Waals surface area contributed by atoms with Crippen LogP contribution < -0.4 is 31.2 Å². The molecule has 1 fully saturated rings. The third-order valence-corrected chi connectivity index (χ3v) is 13.5. The smallest absolute Gasteiger partial charge is 0.412 e. The van der Waals surface area contributed by atoms with E-state index in [-0.39, 0.29) is 24.3 Å². The average molecular weight is 1190 g/mol. The van der Waals surface area contributed by atoms with Crippen LogP contribution in [0.5, 0.6) is 23.0 Å². The van der Waals surface area contributed by atoms with Crippen molar-refractivity contribution in [2.24, 2.45) is 0 Å². The topological polar surface area (TPSA) is 219 Å². The molecule has 464 valence electrons. The lowest BCUT2D eigenvalue weighted by Crippen LogP contribution is -2.43. The molecule has 1 saturated heterocycles. The molecule has 0 atom stereocenters. The number of hydrogen-bond donors (Lipinski definition) is 4. The Morgan fingerprint density at radius 3 is 1.18 bits per heavy atom. The monoisotopic (exact) mass is 1190 g/mol. The Kier molecular flexibility index (Phi) is 22.0. The van der Waals surface area contributed by atoms with Gasteiger partial charge in [0.05, 0.1) is 22.7 Å². The van der Waals surface area contributed by atoms with Gasteiger partial charge in [0, 0.05) is 50.5 Å². The van der Waals surface area contributed by atoms with Crippen LogP contribution in [0.4, 0.5) is 41.9 Å². The molecular weight excluding hydrogens is 1100 g/mol. The van der Waals surface area contributed by atoms with Gasteiger partial charge in [0.1, 0.15) is 45.4 Å². The van der Waals surface area contributed by atoms with E-state index >= 15 is 0 Å². The number of fused-ring (bicyclic) bond motifs is 2. The van der Waals surface area contributed by atoms with Gasteiger partial charge in [0.15, 0.2) is 0 Å². The van der Waals surface area contributed by atoms with E-state index in [0.29, 0.717) is 65.2 Å². The van der Waals surface area contributed by atoms with E-state index in [1.165, 1.54) is 35.1 Å². The summed E-state index contributed by atoms with van der Waals surface area (Å²) in [5, 5.41) is 7.87. The number of carbonyl (C=O) groups is 5. The third-order valence-electron chi connectivity index (χ3n) is 13.5. The van der Waals surface area contributed by atoms with Crippen LogP contribution in [0.1, 0.15) is 129 Å². The zero-order valence-electron chi connectivity index (χ0n) is 52.4. The molecule has 87 heavy (non-hydrogen) atoms. The van der Waals surface area contributed by atoms with E-state index in [4.69, 9.17) is 38.9 Å². The number of benzene rings is 6. The molecule has 0 radical (unpaired) electrons. The summed E-state index contributed by atoms with van der Waals surface area (Å²) in [5.74, 6) is 2.17. The first-order chi connectivity index (χ1) is 41.0. The lowest BCUT2D eigenvalue weighted by Gasteiger charge is -2.31. The number of amides is 5. The van der Waals surface area contributed by atoms with Crippen molar-refractivity contribution in [3.8, 4) is 23.0 Å². The quantitative estimate of drug-likeness (QED) is 0.0454. The van der Waals surface area contributed by atoms with Crippen LogP contribution >= 0.6 is 0 Å². The maximum Gasteiger partial charge on any atom is 0.412 e. The van der Waals surface area contributed by atoms with Gasteiger partial charge in [-0.2, -0.15) is 0 Å². The highest BCUT2D eigenvalue weighted by molar-refractivity contribution is 5.93. The maximum atomic E-state index is 13.3. The van der Waals surface area contributed by atoms with Crippen LogP contribution in [-0.2, 0) is 67.3 Å². The molecule has 5 amide bonds. The molecule has 0 saturated carbocycles. The molecule has 0 aromatic heterocycles. The molecule has 3 aliphatic rings. The average Bonchev–Trinajstić information content (AvgIpc) is 2.61. The second-order valence-electron chi connectivity index (χ2n) is 25.7. The molecule has 1 aliphatic heterocycles. The number of carbonyl (C=O) groups excluding carboxylic acids is 5. The molecular formula is C69H86N6O12. The van der Waals surface area contributed by atoms with Gasteiger partial charge in [0.25, 0.3) is 0 Å². The van der Waals surface area contributed by atoms with Gasteiger partial charge in [-0.25, -0.2) is 19.2 Å². The summed E-state index contributed by atoms with van der Waals surface area (Å²) in [4.78, 5) is 65.6. The highest BCUT2D eigenvalue weighted by Crippen LogP contribution is 2.34. The van der Waals surface area contributed by atoms with Gasteiger partial charge in [-0.05, 0) is 204 Å². The molecule has 5 N–H and O–H groups in total. The highest BCUT2D eigenvalue weighted by Gasteiger charge is 2.35. The lowest BCUT2D eigenvalue weighted by atomic mass is 10.1. The molecule has 18 heteroatoms. The number of nitrogen functional groups attached to an aromatic ring is 1. The number of nitrogens with zero attached hydrogens (tertiary/aromatic N) is 2. The van der Waals surface area contributed by atoms with Gasteiger partial charge in [-0.3, -0.25) is 15.4 Å². The molecule has 0 bridgehead atoms. The number of ether oxygens (including phenoxy) is 7. The van der Waals surface area contributed by atoms with E-state index in [0.717, 1.165) is 50.0 Å². The molecule has 18 nitrogen and oxygen atoms in total. The van der Waals surface area contributed by atoms with Crippen LogP contribution in [0.2, 0.25) is 0 Å². The first kappa shape index (κ1) is 65.8. The van der Waals surface area contributed by atoms with Gasteiger partial charge in [-0.1, -0.05) is 72.8 Å². The SMILES string of the molecule is C1CCOC1.CC(C)(C)OC(=O)Nc1ccc(Oc2ccc(CN(C(=O)OC(C)(C)C)C3Cc4ccccc4C3)cc2)cc1N.CC(C)(C)OC(=O)Nc1ccc(Oc2ccc(CN(C(=O)OC(C)(C)C)C3Cc4ccccc4C3)cc2)cc1NC=O. The zero-order valence-corrected chi connectivity index (χ0v) is 52.4. The molecule has 0 spiro atoms. The van der Waals surface area contributed by atoms with Crippen molar-refractivity contribution >= 4 is 53.5 Å². The Morgan fingerprint density at radius 1 is 0.483 bits per heavy atom. The number of rotatable bonds is 14. The summed E-state index contributed by atoms with van der Waals surface area (Å²) >= 11 is 0. The van der Waals surface area contributed by atoms with Crippen LogP contribution in [0.3, 0.4) is 0 Å². The number of hydrogen-bond acceptors (Lipinski definition) is 13. The van der Waals surface area contributed by atoms with Gasteiger partial charge in [-0.15, -0.1) is 0 Å². The first-order valence-electron chi connectivity index (χ1n) is 29.5. The Hall–Kier alpha value is -8.77. The fraction of sp³-hybridized carbons (Fsp3) is 0.406. The van der Waals surface area contributed by atoms with Crippen molar-refractivity contribution in [3.63, 3.8) is 0 Å². The summed E-state index contributed by atoms with van der Waals surface area (Å²) in [5.41, 5.74) is 12.2. The fourth-order valence-corrected chi connectivity index (χ4v) is 9.76. The summed E-state index contributed by atoms with van der Waals surface area (Å²) in [7, 11) is 0. The molecule has 2 aliphatic carbocycles. The fourth-order valence-electron chi connectivity index (χ4n) is 9.76. The van der Waals surface area contributed by atoms with E-state index in [9.17, 15) is 24.0 Å². The minimum Gasteiger partial charge on any atom is -0.457 e. The normalized spacial score (nSPS) is 13.8. The van der Waals surface area contributed by atoms with Crippen LogP contribution in [0.25, 0.3) is 0 Å². The molecule has 6 aromatic rings. The second-order valence-corrected chi connectivity index (χ2v) is 25.7. The standard InChI is InChI=1S/C33H39N3O6.C32H39N3O5.C4H8O/c1-32(2,3)41-30(38)35-28-16-15-27(19-29(28)34-21-37)40-26-13-11-22(12-14-26)20-36(31(39)42-33(4,5)6)25-17-23-9-7-8-10-24(23)18-25;1-31(2,3)39-29(36)34-28-16-15-26(19-27(28)33)38-25-13-11-21(12-14-25)20-35(30(37)40-32(4,5)6)24-17-22-9-7-8-10-23(22)18-24;1-2-4-5-3-1/h7-16,19,21,25H,17-18,20H2,1-6H3,(H,34,37)(H,35,38);7-16,19,24H,17-18,20,33H2,1-6H3,(H,34,36);1-4H2. The molecule has 0 unspecified atom stereocenters. The van der Waals surface area contributed by atoms with Crippen LogP contribution in [0, 0.1) is 0 Å². The number of nitrogens with one attached hydrogen (secondary N) is 3. The van der Waals surface area contributed by atoms with Gasteiger partial charge in [0.2, 0.25) is 6.41 Å². The second kappa shape index (κ2) is 29.1. The van der Waals surface area contributed by atoms with Gasteiger partial charge < -0.3 is 54.0 Å².